The smallest absolute Gasteiger partial charge is 0 e. The Balaban J connectivity index is -0.000000342. The predicted molar refractivity (Wildman–Crippen MR) is 90.8 cm³/mol. The summed E-state index contributed by atoms with van der Waals surface area (Å²) in [6.07, 6.45) is 8.32. The number of hydrogen-bond acceptors (Lipinski definition) is 3. The van der Waals surface area contributed by atoms with Crippen molar-refractivity contribution in [2.75, 3.05) is 0 Å². The zero-order valence-corrected chi connectivity index (χ0v) is 16.0. The summed E-state index contributed by atoms with van der Waals surface area (Å²) in [7, 11) is 0. The van der Waals surface area contributed by atoms with Crippen LogP contribution in [0.5, 0.6) is 0 Å². The van der Waals surface area contributed by atoms with E-state index in [-0.39, 0.29) is 23.2 Å². The van der Waals surface area contributed by atoms with Crippen molar-refractivity contribution in [3.8, 4) is 0 Å². The molecule has 1 N–H and O–H groups in total. The van der Waals surface area contributed by atoms with E-state index in [1.165, 1.54) is 6.47 Å². The van der Waals surface area contributed by atoms with Gasteiger partial charge >= 0.3 is 33.9 Å². The number of aliphatic hydroxyl groups is 1. The van der Waals surface area contributed by atoms with E-state index in [1.807, 2.05) is 30.3 Å². The molecule has 3 radical (unpaired) electrons. The van der Waals surface area contributed by atoms with Crippen molar-refractivity contribution in [3.63, 3.8) is 0 Å². The average Bonchev–Trinajstić information content (AvgIpc) is 2.73. The van der Waals surface area contributed by atoms with Crippen LogP contribution in [0.2, 0.25) is 0 Å². The maximum Gasteiger partial charge on any atom is 0 e. The third-order valence-electron chi connectivity index (χ3n) is 3.05. The minimum Gasteiger partial charge on any atom is 0 e. The molecule has 0 aliphatic carbocycles. The van der Waals surface area contributed by atoms with E-state index in [2.05, 4.69) is 26.9 Å². The van der Waals surface area contributed by atoms with Gasteiger partial charge in [-0.05, 0) is 31.2 Å². The third kappa shape index (κ3) is 20.6. The summed E-state index contributed by atoms with van der Waals surface area (Å²) >= 11 is 0. The van der Waals surface area contributed by atoms with Crippen LogP contribution in [0.15, 0.2) is 30.3 Å². The van der Waals surface area contributed by atoms with E-state index in [0.717, 1.165) is 31.2 Å². The molecule has 2 atom stereocenters. The maximum absolute atomic E-state index is 10.3. The summed E-state index contributed by atoms with van der Waals surface area (Å²) in [6, 6.07) is 9.40. The quantitative estimate of drug-likeness (QED) is 0.260. The van der Waals surface area contributed by atoms with E-state index < -0.39 is 6.10 Å². The van der Waals surface area contributed by atoms with Gasteiger partial charge in [0.1, 0.15) is 0 Å². The summed E-state index contributed by atoms with van der Waals surface area (Å²) in [5.74, 6) is 0. The summed E-state index contributed by atoms with van der Waals surface area (Å²) in [5, 5.41) is 9.95. The zero-order chi connectivity index (χ0) is 20.6. The molecular formula is C20H22FeO6-. The minimum absolute atomic E-state index is 0. The van der Waals surface area contributed by atoms with Gasteiger partial charge in [-0.25, -0.2) is 0 Å². The van der Waals surface area contributed by atoms with E-state index in [9.17, 15) is 9.90 Å². The molecule has 0 aliphatic rings. The Kier molecular flexibility index (Phi) is 35.7. The molecule has 0 saturated heterocycles. The van der Waals surface area contributed by atoms with Gasteiger partial charge in [0.05, 0.1) is 12.2 Å². The maximum atomic E-state index is 10.3. The molecule has 1 aromatic carbocycles. The summed E-state index contributed by atoms with van der Waals surface area (Å²) < 4.78 is 27.4. The molecule has 1 aromatic rings. The molecule has 0 saturated carbocycles. The van der Waals surface area contributed by atoms with Gasteiger partial charge in [-0.3, -0.25) is 0 Å². The Morgan fingerprint density at radius 1 is 1.07 bits per heavy atom. The molecule has 0 fully saturated rings. The van der Waals surface area contributed by atoms with Crippen LogP contribution >= 0.6 is 0 Å². The molecule has 0 bridgehead atoms. The van der Waals surface area contributed by atoms with E-state index in [4.69, 9.17) is 18.7 Å². The Morgan fingerprint density at radius 2 is 1.63 bits per heavy atom. The van der Waals surface area contributed by atoms with Gasteiger partial charge in [-0.1, -0.05) is 56.6 Å². The first-order chi connectivity index (χ1) is 12.8. The van der Waals surface area contributed by atoms with Gasteiger partial charge < -0.3 is 14.6 Å². The molecule has 0 amide bonds. The van der Waals surface area contributed by atoms with Crippen LogP contribution in [-0.4, -0.2) is 17.7 Å². The molecule has 0 aliphatic heterocycles. The normalized spacial score (nSPS) is 10.4. The van der Waals surface area contributed by atoms with Crippen molar-refractivity contribution in [2.24, 2.45) is 0 Å². The standard InChI is InChI=1S/C17H22O3.3CO.Fe/c1-2-3-5-11-16(20-14-18)12-8-13-17(19)15-9-6-4-7-10-15;3*1-2;/h4,6-10,12-13,16-17,19H,2-3,5,11H2,1H3;;;;/q-1;;;;/t16-,17-;;;;/m1..../s1. The number of benzene rings is 1. The molecule has 27 heavy (non-hydrogen) atoms. The summed E-state index contributed by atoms with van der Waals surface area (Å²) in [6.45, 7) is 17.1. The number of unbranched alkanes of at least 4 members (excludes halogenated alkanes) is 2. The number of aliphatic hydroxyl groups excluding tert-OH is 1. The first-order valence-corrected chi connectivity index (χ1v) is 7.66. The molecule has 0 aromatic heterocycles. The minimum atomic E-state index is -0.649. The largest absolute Gasteiger partial charge is 0 e. The second-order valence-corrected chi connectivity index (χ2v) is 4.67. The van der Waals surface area contributed by atoms with Crippen LogP contribution in [0.25, 0.3) is 0 Å². The fourth-order valence-corrected chi connectivity index (χ4v) is 1.91. The first kappa shape index (κ1) is 33.0. The third-order valence-corrected chi connectivity index (χ3v) is 3.05. The second-order valence-electron chi connectivity index (χ2n) is 4.67. The fraction of sp³-hybridized carbons (Fsp3) is 0.350. The van der Waals surface area contributed by atoms with E-state index in [1.54, 1.807) is 19.3 Å². The molecule has 7 heteroatoms. The Bertz CT molecular complexity index is 458. The van der Waals surface area contributed by atoms with Crippen LogP contribution < -0.4 is 0 Å². The van der Waals surface area contributed by atoms with Crippen molar-refractivity contribution >= 4 is 6.47 Å². The van der Waals surface area contributed by atoms with Crippen LogP contribution in [0, 0.1) is 39.2 Å². The molecule has 1 rings (SSSR count). The second kappa shape index (κ2) is 29.2. The number of hydrogen-bond donors (Lipinski definition) is 1. The van der Waals surface area contributed by atoms with Crippen LogP contribution in [0.4, 0.5) is 0 Å². The van der Waals surface area contributed by atoms with Crippen LogP contribution in [-0.2, 0) is 40.6 Å². The van der Waals surface area contributed by atoms with Gasteiger partial charge in [0.2, 0.25) is 0 Å². The molecular weight excluding hydrogens is 392 g/mol. The van der Waals surface area contributed by atoms with Gasteiger partial charge in [0.15, 0.2) is 0 Å². The SMILES string of the molecule is CCCCC[C@H]([CH][CH][CH][C@@H](O)c1ccccc1)O[C-]=O.[C-]#[O+].[C-]#[O+].[C-]#[O+].[Fe]. The number of carbonyl (C=O) groups excluding carboxylic acids is 1. The topological polar surface area (TPSA) is 106 Å². The monoisotopic (exact) mass is 414 g/mol. The van der Waals surface area contributed by atoms with Crippen LogP contribution in [0.3, 0.4) is 0 Å². The first-order valence-electron chi connectivity index (χ1n) is 7.66. The van der Waals surface area contributed by atoms with Gasteiger partial charge in [-0.2, -0.15) is 0 Å². The average molecular weight is 414 g/mol. The van der Waals surface area contributed by atoms with Crippen molar-refractivity contribution < 1.29 is 45.7 Å². The number of rotatable bonds is 11. The van der Waals surface area contributed by atoms with Crippen molar-refractivity contribution in [3.05, 3.63) is 75.1 Å². The number of ether oxygens (including phenoxy) is 1. The molecule has 6 nitrogen and oxygen atoms in total. The van der Waals surface area contributed by atoms with Crippen molar-refractivity contribution in [1.29, 1.82) is 0 Å². The summed E-state index contributed by atoms with van der Waals surface area (Å²) in [5.41, 5.74) is 0.836. The van der Waals surface area contributed by atoms with E-state index >= 15 is 0 Å². The van der Waals surface area contributed by atoms with Crippen molar-refractivity contribution in [1.82, 2.24) is 0 Å². The van der Waals surface area contributed by atoms with Gasteiger partial charge in [0, 0.05) is 23.5 Å². The molecule has 0 heterocycles. The Morgan fingerprint density at radius 3 is 2.11 bits per heavy atom. The van der Waals surface area contributed by atoms with Crippen molar-refractivity contribution in [2.45, 2.75) is 44.8 Å². The zero-order valence-electron chi connectivity index (χ0n) is 14.9. The predicted octanol–water partition coefficient (Wildman–Crippen LogP) is 3.25. The fourth-order valence-electron chi connectivity index (χ4n) is 1.91. The van der Waals surface area contributed by atoms with Gasteiger partial charge in [0.25, 0.3) is 0 Å². The summed E-state index contributed by atoms with van der Waals surface area (Å²) in [4.78, 5) is 10.3. The Hall–Kier alpha value is -1.61. The van der Waals surface area contributed by atoms with Gasteiger partial charge in [-0.15, -0.1) is 0 Å². The van der Waals surface area contributed by atoms with Crippen LogP contribution in [0.1, 0.15) is 44.3 Å². The Labute approximate surface area is 172 Å². The van der Waals surface area contributed by atoms with E-state index in [0.29, 0.717) is 0 Å². The molecule has 147 valence electrons. The molecule has 0 spiro atoms. The molecule has 0 unspecified atom stereocenters.